The zero-order chi connectivity index (χ0) is 15.1. The monoisotopic (exact) mass is 276 g/mol. The summed E-state index contributed by atoms with van der Waals surface area (Å²) in [6.07, 6.45) is 1.26. The Morgan fingerprint density at radius 2 is 1.70 bits per heavy atom. The minimum atomic E-state index is 0.401. The van der Waals surface area contributed by atoms with Gasteiger partial charge in [0.1, 0.15) is 0 Å². The standard InChI is InChI=1S/C18H32N2/c1-7-19-18(17-10-8-15(4)9-11-17)16(5)20(6)13-12-14(2)3/h8-11,14,16,18-19H,7,12-13H2,1-6H3. The van der Waals surface area contributed by atoms with Crippen LogP contribution in [0.1, 0.15) is 51.3 Å². The van der Waals surface area contributed by atoms with Gasteiger partial charge in [-0.25, -0.2) is 0 Å². The van der Waals surface area contributed by atoms with E-state index < -0.39 is 0 Å². The van der Waals surface area contributed by atoms with Gasteiger partial charge < -0.3 is 10.2 Å². The van der Waals surface area contributed by atoms with E-state index in [9.17, 15) is 0 Å². The Bertz CT molecular complexity index is 370. The summed E-state index contributed by atoms with van der Waals surface area (Å²) < 4.78 is 0. The summed E-state index contributed by atoms with van der Waals surface area (Å²) in [4.78, 5) is 2.48. The molecule has 0 heterocycles. The predicted octanol–water partition coefficient (Wildman–Crippen LogP) is 4.01. The molecule has 0 fully saturated rings. The lowest BCUT2D eigenvalue weighted by atomic mass is 9.98. The third kappa shape index (κ3) is 5.26. The number of hydrogen-bond donors (Lipinski definition) is 1. The smallest absolute Gasteiger partial charge is 0.0475 e. The number of aryl methyl sites for hydroxylation is 1. The van der Waals surface area contributed by atoms with E-state index in [1.807, 2.05) is 0 Å². The van der Waals surface area contributed by atoms with Crippen LogP contribution in [0.25, 0.3) is 0 Å². The highest BCUT2D eigenvalue weighted by atomic mass is 15.2. The van der Waals surface area contributed by atoms with Crippen molar-refractivity contribution in [2.75, 3.05) is 20.1 Å². The summed E-state index contributed by atoms with van der Waals surface area (Å²) >= 11 is 0. The molecule has 1 aromatic carbocycles. The first-order valence-electron chi connectivity index (χ1n) is 7.95. The van der Waals surface area contributed by atoms with Gasteiger partial charge in [-0.05, 0) is 51.9 Å². The van der Waals surface area contributed by atoms with Crippen LogP contribution in [0.3, 0.4) is 0 Å². The van der Waals surface area contributed by atoms with E-state index >= 15 is 0 Å². The second kappa shape index (κ2) is 8.43. The molecule has 0 aromatic heterocycles. The normalized spacial score (nSPS) is 14.8. The van der Waals surface area contributed by atoms with Crippen molar-refractivity contribution in [3.05, 3.63) is 35.4 Å². The second-order valence-electron chi connectivity index (χ2n) is 6.35. The van der Waals surface area contributed by atoms with Gasteiger partial charge in [0.2, 0.25) is 0 Å². The van der Waals surface area contributed by atoms with Crippen LogP contribution in [0.5, 0.6) is 0 Å². The molecule has 2 unspecified atom stereocenters. The molecule has 0 radical (unpaired) electrons. The van der Waals surface area contributed by atoms with E-state index in [0.717, 1.165) is 19.0 Å². The van der Waals surface area contributed by atoms with Gasteiger partial charge in [-0.3, -0.25) is 0 Å². The van der Waals surface area contributed by atoms with Gasteiger partial charge in [0.25, 0.3) is 0 Å². The van der Waals surface area contributed by atoms with Crippen molar-refractivity contribution in [2.24, 2.45) is 5.92 Å². The molecule has 0 aliphatic rings. The Morgan fingerprint density at radius 3 is 2.20 bits per heavy atom. The highest BCUT2D eigenvalue weighted by Crippen LogP contribution is 2.21. The van der Waals surface area contributed by atoms with Crippen LogP contribution < -0.4 is 5.32 Å². The molecule has 0 spiro atoms. The summed E-state index contributed by atoms with van der Waals surface area (Å²) in [5.41, 5.74) is 2.71. The van der Waals surface area contributed by atoms with Crippen LogP contribution in [0.4, 0.5) is 0 Å². The Hall–Kier alpha value is -0.860. The van der Waals surface area contributed by atoms with Crippen molar-refractivity contribution in [3.63, 3.8) is 0 Å². The fourth-order valence-electron chi connectivity index (χ4n) is 2.48. The maximum absolute atomic E-state index is 3.65. The molecule has 20 heavy (non-hydrogen) atoms. The van der Waals surface area contributed by atoms with Gasteiger partial charge >= 0.3 is 0 Å². The quantitative estimate of drug-likeness (QED) is 0.771. The van der Waals surface area contributed by atoms with Crippen molar-refractivity contribution in [1.82, 2.24) is 10.2 Å². The van der Waals surface area contributed by atoms with Gasteiger partial charge in [0, 0.05) is 12.1 Å². The van der Waals surface area contributed by atoms with Crippen LogP contribution in [-0.4, -0.2) is 31.1 Å². The highest BCUT2D eigenvalue weighted by molar-refractivity contribution is 5.25. The van der Waals surface area contributed by atoms with Crippen LogP contribution in [-0.2, 0) is 0 Å². The number of benzene rings is 1. The van der Waals surface area contributed by atoms with Gasteiger partial charge in [-0.15, -0.1) is 0 Å². The maximum Gasteiger partial charge on any atom is 0.0475 e. The maximum atomic E-state index is 3.65. The largest absolute Gasteiger partial charge is 0.309 e. The molecule has 2 heteroatoms. The number of nitrogens with zero attached hydrogens (tertiary/aromatic N) is 1. The molecule has 1 rings (SSSR count). The van der Waals surface area contributed by atoms with Crippen molar-refractivity contribution in [3.8, 4) is 0 Å². The molecule has 114 valence electrons. The lowest BCUT2D eigenvalue weighted by Gasteiger charge is -2.33. The SMILES string of the molecule is CCNC(c1ccc(C)cc1)C(C)N(C)CCC(C)C. The van der Waals surface area contributed by atoms with Crippen LogP contribution in [0.15, 0.2) is 24.3 Å². The van der Waals surface area contributed by atoms with Gasteiger partial charge in [0.05, 0.1) is 0 Å². The molecule has 0 saturated carbocycles. The Balaban J connectivity index is 2.76. The van der Waals surface area contributed by atoms with E-state index in [-0.39, 0.29) is 0 Å². The van der Waals surface area contributed by atoms with Crippen molar-refractivity contribution >= 4 is 0 Å². The van der Waals surface area contributed by atoms with Crippen LogP contribution >= 0.6 is 0 Å². The molecule has 1 N–H and O–H groups in total. The van der Waals surface area contributed by atoms with Gasteiger partial charge in [-0.2, -0.15) is 0 Å². The first-order chi connectivity index (χ1) is 9.45. The average molecular weight is 276 g/mol. The lowest BCUT2D eigenvalue weighted by molar-refractivity contribution is 0.198. The molecule has 0 aliphatic heterocycles. The molecule has 1 aromatic rings. The van der Waals surface area contributed by atoms with E-state index in [0.29, 0.717) is 12.1 Å². The zero-order valence-corrected chi connectivity index (χ0v) is 14.1. The molecular weight excluding hydrogens is 244 g/mol. The Labute approximate surface area is 125 Å². The molecule has 0 saturated heterocycles. The van der Waals surface area contributed by atoms with E-state index in [1.54, 1.807) is 0 Å². The summed E-state index contributed by atoms with van der Waals surface area (Å²) in [5, 5.41) is 3.65. The molecule has 0 amide bonds. The van der Waals surface area contributed by atoms with Crippen LogP contribution in [0, 0.1) is 12.8 Å². The number of rotatable bonds is 8. The van der Waals surface area contributed by atoms with Crippen molar-refractivity contribution in [2.45, 2.75) is 53.1 Å². The van der Waals surface area contributed by atoms with E-state index in [2.05, 4.69) is 76.1 Å². The van der Waals surface area contributed by atoms with Gasteiger partial charge in [-0.1, -0.05) is 50.6 Å². The van der Waals surface area contributed by atoms with Crippen LogP contribution in [0.2, 0.25) is 0 Å². The van der Waals surface area contributed by atoms with Crippen molar-refractivity contribution < 1.29 is 0 Å². The summed E-state index contributed by atoms with van der Waals surface area (Å²) in [7, 11) is 2.24. The highest BCUT2D eigenvalue weighted by Gasteiger charge is 2.21. The topological polar surface area (TPSA) is 15.3 Å². The lowest BCUT2D eigenvalue weighted by Crippen LogP contribution is -2.41. The number of nitrogens with one attached hydrogen (secondary N) is 1. The third-order valence-electron chi connectivity index (χ3n) is 4.10. The predicted molar refractivity (Wildman–Crippen MR) is 89.1 cm³/mol. The average Bonchev–Trinajstić information content (AvgIpc) is 2.42. The minimum Gasteiger partial charge on any atom is -0.309 e. The zero-order valence-electron chi connectivity index (χ0n) is 14.1. The third-order valence-corrected chi connectivity index (χ3v) is 4.10. The fraction of sp³-hybridized carbons (Fsp3) is 0.667. The van der Waals surface area contributed by atoms with E-state index in [4.69, 9.17) is 0 Å². The first-order valence-corrected chi connectivity index (χ1v) is 7.95. The molecule has 2 atom stereocenters. The Morgan fingerprint density at radius 1 is 1.10 bits per heavy atom. The molecule has 2 nitrogen and oxygen atoms in total. The fourth-order valence-corrected chi connectivity index (χ4v) is 2.48. The number of likely N-dealkylation sites (N-methyl/N-ethyl adjacent to an activating group) is 2. The number of hydrogen-bond acceptors (Lipinski definition) is 2. The minimum absolute atomic E-state index is 0.401. The summed E-state index contributed by atoms with van der Waals surface area (Å²) in [5.74, 6) is 0.765. The second-order valence-corrected chi connectivity index (χ2v) is 6.35. The Kier molecular flexibility index (Phi) is 7.25. The first kappa shape index (κ1) is 17.2. The molecule has 0 aliphatic carbocycles. The molecular formula is C18H32N2. The summed E-state index contributed by atoms with van der Waals surface area (Å²) in [6, 6.07) is 9.83. The van der Waals surface area contributed by atoms with E-state index in [1.165, 1.54) is 17.5 Å². The van der Waals surface area contributed by atoms with Gasteiger partial charge in [0.15, 0.2) is 0 Å². The van der Waals surface area contributed by atoms with Crippen molar-refractivity contribution in [1.29, 1.82) is 0 Å². The molecule has 0 bridgehead atoms. The summed E-state index contributed by atoms with van der Waals surface area (Å²) in [6.45, 7) is 13.4.